The zero-order valence-electron chi connectivity index (χ0n) is 14.7. The second kappa shape index (κ2) is 6.93. The molecule has 0 fully saturated rings. The lowest BCUT2D eigenvalue weighted by atomic mass is 9.96. The first-order chi connectivity index (χ1) is 11.9. The average Bonchev–Trinajstić information content (AvgIpc) is 2.58. The lowest BCUT2D eigenvalue weighted by Crippen LogP contribution is -2.39. The van der Waals surface area contributed by atoms with Crippen LogP contribution >= 0.6 is 0 Å². The fourth-order valence-corrected chi connectivity index (χ4v) is 3.04. The van der Waals surface area contributed by atoms with E-state index < -0.39 is 0 Å². The molecule has 0 bridgehead atoms. The van der Waals surface area contributed by atoms with Crippen molar-refractivity contribution in [2.75, 3.05) is 18.4 Å². The summed E-state index contributed by atoms with van der Waals surface area (Å²) in [6.07, 6.45) is 5.91. The molecule has 0 spiro atoms. The van der Waals surface area contributed by atoms with E-state index >= 15 is 0 Å². The van der Waals surface area contributed by atoms with Crippen molar-refractivity contribution in [3.8, 4) is 0 Å². The number of aryl methyl sites for hydroxylation is 3. The first kappa shape index (κ1) is 17.0. The number of aromatic nitrogens is 2. The highest BCUT2D eigenvalue weighted by Gasteiger charge is 2.19. The number of carbonyl (C=O) groups excluding carboxylic acids is 1. The van der Waals surface area contributed by atoms with Crippen molar-refractivity contribution in [2.24, 2.45) is 7.05 Å². The maximum Gasteiger partial charge on any atom is 0.323 e. The van der Waals surface area contributed by atoms with E-state index in [1.165, 1.54) is 33.0 Å². The molecule has 1 N–H and O–H groups in total. The van der Waals surface area contributed by atoms with Crippen LogP contribution in [0, 0.1) is 13.8 Å². The molecule has 2 heterocycles. The van der Waals surface area contributed by atoms with Crippen LogP contribution in [0.5, 0.6) is 0 Å². The van der Waals surface area contributed by atoms with Gasteiger partial charge in [0, 0.05) is 32.5 Å². The van der Waals surface area contributed by atoms with Crippen molar-refractivity contribution < 1.29 is 4.79 Å². The van der Waals surface area contributed by atoms with Crippen LogP contribution in [0.1, 0.15) is 23.1 Å². The number of hydrogen-bond acceptors (Lipinski definition) is 3. The molecule has 6 nitrogen and oxygen atoms in total. The molecule has 6 heteroatoms. The Morgan fingerprint density at radius 2 is 1.92 bits per heavy atom. The molecule has 2 aromatic rings. The first-order valence-corrected chi connectivity index (χ1v) is 8.29. The van der Waals surface area contributed by atoms with Crippen molar-refractivity contribution >= 4 is 17.4 Å². The van der Waals surface area contributed by atoms with Gasteiger partial charge in [0.2, 0.25) is 5.82 Å². The van der Waals surface area contributed by atoms with Gasteiger partial charge >= 0.3 is 6.03 Å². The summed E-state index contributed by atoms with van der Waals surface area (Å²) in [7, 11) is 1.62. The number of nitrogens with one attached hydrogen (secondary N) is 1. The van der Waals surface area contributed by atoms with Crippen LogP contribution in [0.4, 0.5) is 10.6 Å². The van der Waals surface area contributed by atoms with Crippen LogP contribution in [0.3, 0.4) is 0 Å². The molecule has 0 saturated carbocycles. The Bertz CT molecular complexity index is 878. The lowest BCUT2D eigenvalue weighted by Gasteiger charge is -2.26. The number of urea groups is 1. The second-order valence-corrected chi connectivity index (χ2v) is 6.42. The van der Waals surface area contributed by atoms with Gasteiger partial charge in [0.25, 0.3) is 5.56 Å². The molecule has 1 aromatic carbocycles. The van der Waals surface area contributed by atoms with Gasteiger partial charge in [0.05, 0.1) is 0 Å². The zero-order valence-corrected chi connectivity index (χ0v) is 14.7. The van der Waals surface area contributed by atoms with E-state index in [0.717, 1.165) is 6.42 Å². The molecule has 0 unspecified atom stereocenters. The summed E-state index contributed by atoms with van der Waals surface area (Å²) >= 11 is 0. The van der Waals surface area contributed by atoms with Crippen LogP contribution in [-0.2, 0) is 7.05 Å². The number of hydrogen-bond donors (Lipinski definition) is 1. The van der Waals surface area contributed by atoms with E-state index in [1.54, 1.807) is 18.1 Å². The highest BCUT2D eigenvalue weighted by Crippen LogP contribution is 2.24. The number of amides is 2. The Hall–Kier alpha value is -2.89. The third kappa shape index (κ3) is 3.79. The first-order valence-electron chi connectivity index (χ1n) is 8.29. The van der Waals surface area contributed by atoms with E-state index in [1.807, 2.05) is 0 Å². The zero-order chi connectivity index (χ0) is 18.0. The molecule has 0 radical (unpaired) electrons. The Kier molecular flexibility index (Phi) is 4.70. The predicted molar refractivity (Wildman–Crippen MR) is 98.6 cm³/mol. The number of rotatable bonds is 2. The van der Waals surface area contributed by atoms with Crippen LogP contribution in [0.2, 0.25) is 0 Å². The molecule has 2 amide bonds. The van der Waals surface area contributed by atoms with Gasteiger partial charge in [0.15, 0.2) is 0 Å². The van der Waals surface area contributed by atoms with Crippen molar-refractivity contribution in [1.29, 1.82) is 0 Å². The van der Waals surface area contributed by atoms with E-state index in [9.17, 15) is 9.59 Å². The van der Waals surface area contributed by atoms with Gasteiger partial charge in [-0.2, -0.15) is 0 Å². The van der Waals surface area contributed by atoms with Crippen molar-refractivity contribution in [3.05, 3.63) is 63.7 Å². The maximum absolute atomic E-state index is 12.4. The number of nitrogens with zero attached hydrogens (tertiary/aromatic N) is 3. The molecule has 1 aliphatic rings. The van der Waals surface area contributed by atoms with Crippen molar-refractivity contribution in [2.45, 2.75) is 20.3 Å². The lowest BCUT2D eigenvalue weighted by molar-refractivity contribution is 0.217. The Labute approximate surface area is 146 Å². The van der Waals surface area contributed by atoms with Gasteiger partial charge in [-0.3, -0.25) is 10.1 Å². The Morgan fingerprint density at radius 3 is 2.56 bits per heavy atom. The van der Waals surface area contributed by atoms with Gasteiger partial charge in [-0.25, -0.2) is 9.78 Å². The summed E-state index contributed by atoms with van der Waals surface area (Å²) in [4.78, 5) is 30.0. The molecule has 0 aliphatic carbocycles. The van der Waals surface area contributed by atoms with Crippen molar-refractivity contribution in [1.82, 2.24) is 14.5 Å². The van der Waals surface area contributed by atoms with E-state index in [4.69, 9.17) is 0 Å². The number of anilines is 1. The standard InChI is InChI=1S/C19H22N4O2/c1-13-10-14(2)12-16(11-13)15-4-7-23(8-5-15)19(25)21-17-18(24)22(3)9-6-20-17/h4,6,9-12H,5,7-8H2,1-3H3,(H,20,21,25). The molecule has 0 saturated heterocycles. The van der Waals surface area contributed by atoms with Crippen LogP contribution < -0.4 is 10.9 Å². The minimum Gasteiger partial charge on any atom is -0.320 e. The fourth-order valence-electron chi connectivity index (χ4n) is 3.04. The Balaban J connectivity index is 1.70. The van der Waals surface area contributed by atoms with E-state index in [0.29, 0.717) is 13.1 Å². The summed E-state index contributed by atoms with van der Waals surface area (Å²) in [5.41, 5.74) is 4.63. The average molecular weight is 338 g/mol. The molecule has 25 heavy (non-hydrogen) atoms. The minimum absolute atomic E-state index is 0.0547. The van der Waals surface area contributed by atoms with Crippen LogP contribution in [0.15, 0.2) is 41.5 Å². The second-order valence-electron chi connectivity index (χ2n) is 6.42. The van der Waals surface area contributed by atoms with Crippen LogP contribution in [0.25, 0.3) is 5.57 Å². The number of carbonyl (C=O) groups is 1. The van der Waals surface area contributed by atoms with E-state index in [2.05, 4.69) is 48.4 Å². The minimum atomic E-state index is -0.320. The molecule has 130 valence electrons. The Morgan fingerprint density at radius 1 is 1.20 bits per heavy atom. The molecule has 1 aromatic heterocycles. The largest absolute Gasteiger partial charge is 0.323 e. The van der Waals surface area contributed by atoms with E-state index in [-0.39, 0.29) is 17.4 Å². The monoisotopic (exact) mass is 338 g/mol. The molecule has 1 aliphatic heterocycles. The predicted octanol–water partition coefficient (Wildman–Crippen LogP) is 2.72. The smallest absolute Gasteiger partial charge is 0.320 e. The number of benzene rings is 1. The van der Waals surface area contributed by atoms with Crippen LogP contribution in [-0.4, -0.2) is 33.6 Å². The quantitative estimate of drug-likeness (QED) is 0.915. The molecule has 3 rings (SSSR count). The summed E-state index contributed by atoms with van der Waals surface area (Å²) < 4.78 is 1.39. The maximum atomic E-state index is 12.4. The topological polar surface area (TPSA) is 67.2 Å². The van der Waals surface area contributed by atoms with Gasteiger partial charge < -0.3 is 9.47 Å². The van der Waals surface area contributed by atoms with Gasteiger partial charge in [0.1, 0.15) is 0 Å². The third-order valence-electron chi connectivity index (χ3n) is 4.33. The summed E-state index contributed by atoms with van der Waals surface area (Å²) in [6, 6.07) is 6.20. The SMILES string of the molecule is Cc1cc(C)cc(C2=CCN(C(=O)Nc3nccn(C)c3=O)CC2)c1. The fraction of sp³-hybridized carbons (Fsp3) is 0.316. The highest BCUT2D eigenvalue weighted by atomic mass is 16.2. The third-order valence-corrected chi connectivity index (χ3v) is 4.33. The summed E-state index contributed by atoms with van der Waals surface area (Å²) in [5, 5.41) is 2.61. The molecule has 0 atom stereocenters. The molecular weight excluding hydrogens is 316 g/mol. The van der Waals surface area contributed by atoms with Gasteiger partial charge in [-0.15, -0.1) is 0 Å². The molecular formula is C19H22N4O2. The normalized spacial score (nSPS) is 14.2. The van der Waals surface area contributed by atoms with Crippen molar-refractivity contribution in [3.63, 3.8) is 0 Å². The van der Waals surface area contributed by atoms with Gasteiger partial charge in [-0.1, -0.05) is 35.4 Å². The summed E-state index contributed by atoms with van der Waals surface area (Å²) in [5.74, 6) is 0.0547. The van der Waals surface area contributed by atoms with Gasteiger partial charge in [-0.05, 0) is 31.4 Å². The highest BCUT2D eigenvalue weighted by molar-refractivity contribution is 5.88. The summed E-state index contributed by atoms with van der Waals surface area (Å²) in [6.45, 7) is 5.30.